The van der Waals surface area contributed by atoms with E-state index in [0.29, 0.717) is 0 Å². The van der Waals surface area contributed by atoms with Gasteiger partial charge < -0.3 is 35.4 Å². The van der Waals surface area contributed by atoms with Gasteiger partial charge in [0.25, 0.3) is 0 Å². The van der Waals surface area contributed by atoms with Crippen molar-refractivity contribution in [1.29, 1.82) is 0 Å². The van der Waals surface area contributed by atoms with Gasteiger partial charge in [-0.2, -0.15) is 0 Å². The third-order valence-corrected chi connectivity index (χ3v) is 20.8. The normalized spacial score (nSPS) is 13.9. The molecule has 0 aliphatic carbocycles. The molecule has 37 heavy (non-hydrogen) atoms. The van der Waals surface area contributed by atoms with E-state index in [1.165, 1.54) is 0 Å². The van der Waals surface area contributed by atoms with Crippen LogP contribution in [0.25, 0.3) is 0 Å². The zero-order valence-corrected chi connectivity index (χ0v) is 30.3. The lowest BCUT2D eigenvalue weighted by molar-refractivity contribution is 0.173. The Morgan fingerprint density at radius 1 is 0.351 bits per heavy atom. The molecule has 0 amide bonds. The molecule has 0 spiro atoms. The fourth-order valence-corrected chi connectivity index (χ4v) is 10.6. The van der Waals surface area contributed by atoms with Gasteiger partial charge in [-0.15, -0.1) is 0 Å². The van der Waals surface area contributed by atoms with E-state index in [4.69, 9.17) is 35.4 Å². The monoisotopic (exact) mass is 600 g/mol. The van der Waals surface area contributed by atoms with Crippen LogP contribution < -0.4 is 0 Å². The van der Waals surface area contributed by atoms with E-state index in [1.54, 1.807) is 56.9 Å². The van der Waals surface area contributed by atoms with Crippen LogP contribution in [-0.2, 0) is 35.4 Å². The Labute approximate surface area is 233 Å². The van der Waals surface area contributed by atoms with Crippen LogP contribution in [0.4, 0.5) is 0 Å². The summed E-state index contributed by atoms with van der Waals surface area (Å²) in [5.74, 6) is 0. The van der Waals surface area contributed by atoms with E-state index in [2.05, 4.69) is 26.2 Å². The Bertz CT molecular complexity index is 482. The van der Waals surface area contributed by atoms with Gasteiger partial charge in [-0.25, -0.2) is 0 Å². The minimum atomic E-state index is -2.11. The van der Waals surface area contributed by atoms with Crippen molar-refractivity contribution in [2.75, 3.05) is 56.9 Å². The summed E-state index contributed by atoms with van der Waals surface area (Å²) in [4.78, 5) is 0. The summed E-state index contributed by atoms with van der Waals surface area (Å²) >= 11 is 0. The minimum absolute atomic E-state index is 0.209. The molecule has 0 aromatic carbocycles. The van der Waals surface area contributed by atoms with Crippen molar-refractivity contribution in [2.24, 2.45) is 5.41 Å². The molecule has 0 heterocycles. The summed E-state index contributed by atoms with van der Waals surface area (Å²) in [5.41, 5.74) is 0.209. The standard InChI is InChI=1S/C25H60O8Si4/c1-26-34(9,27-2)21-13-17-25(18-14-22-35(10,28-3)29-4,19-15-23-36(11,30-5)31-6)20-16-24-37(12,32-7)33-8/h13-24H2,1-12H3. The van der Waals surface area contributed by atoms with Crippen molar-refractivity contribution in [3.63, 3.8) is 0 Å². The van der Waals surface area contributed by atoms with E-state index < -0.39 is 34.2 Å². The summed E-state index contributed by atoms with van der Waals surface area (Å²) in [5, 5.41) is 0. The zero-order valence-electron chi connectivity index (χ0n) is 26.3. The van der Waals surface area contributed by atoms with Crippen LogP contribution in [0.2, 0.25) is 50.4 Å². The molecule has 0 radical (unpaired) electrons. The molecular formula is C25H60O8Si4. The quantitative estimate of drug-likeness (QED) is 0.115. The molecule has 0 saturated heterocycles. The molecule has 0 atom stereocenters. The van der Waals surface area contributed by atoms with Crippen molar-refractivity contribution in [3.8, 4) is 0 Å². The molecule has 0 aliphatic rings. The Morgan fingerprint density at radius 3 is 0.649 bits per heavy atom. The smallest absolute Gasteiger partial charge is 0.334 e. The maximum atomic E-state index is 5.80. The van der Waals surface area contributed by atoms with E-state index in [-0.39, 0.29) is 5.41 Å². The average Bonchev–Trinajstić information content (AvgIpc) is 2.92. The predicted octanol–water partition coefficient (Wildman–Crippen LogP) is 6.55. The topological polar surface area (TPSA) is 73.8 Å². The molecule has 0 unspecified atom stereocenters. The highest BCUT2D eigenvalue weighted by Gasteiger charge is 2.38. The second kappa shape index (κ2) is 18.1. The second-order valence-electron chi connectivity index (χ2n) is 11.1. The molecule has 0 aromatic heterocycles. The summed E-state index contributed by atoms with van der Waals surface area (Å²) in [6.07, 6.45) is 8.99. The molecule has 12 heteroatoms. The molecule has 0 fully saturated rings. The molecular weight excluding hydrogens is 541 g/mol. The summed E-state index contributed by atoms with van der Waals surface area (Å²) < 4.78 is 46.4. The second-order valence-corrected chi connectivity index (χ2v) is 25.4. The van der Waals surface area contributed by atoms with Gasteiger partial charge in [-0.05, 0) is 81.5 Å². The molecule has 0 bridgehead atoms. The molecule has 224 valence electrons. The summed E-state index contributed by atoms with van der Waals surface area (Å²) in [6.45, 7) is 8.63. The van der Waals surface area contributed by atoms with Crippen molar-refractivity contribution in [3.05, 3.63) is 0 Å². The third-order valence-electron chi connectivity index (χ3n) is 8.81. The van der Waals surface area contributed by atoms with Crippen molar-refractivity contribution in [2.45, 2.75) is 102 Å². The predicted molar refractivity (Wildman–Crippen MR) is 161 cm³/mol. The Balaban J connectivity index is 5.82. The molecule has 0 aromatic rings. The van der Waals surface area contributed by atoms with Gasteiger partial charge >= 0.3 is 34.2 Å². The first kappa shape index (κ1) is 37.5. The number of hydrogen-bond donors (Lipinski definition) is 0. The van der Waals surface area contributed by atoms with Gasteiger partial charge in [-0.3, -0.25) is 0 Å². The maximum Gasteiger partial charge on any atom is 0.334 e. The average molecular weight is 601 g/mol. The zero-order chi connectivity index (χ0) is 28.6. The highest BCUT2D eigenvalue weighted by atomic mass is 28.4. The van der Waals surface area contributed by atoms with Gasteiger partial charge in [0.1, 0.15) is 0 Å². The summed E-state index contributed by atoms with van der Waals surface area (Å²) in [6, 6.07) is 3.98. The van der Waals surface area contributed by atoms with Gasteiger partial charge in [0.2, 0.25) is 0 Å². The first-order valence-electron chi connectivity index (χ1n) is 13.7. The van der Waals surface area contributed by atoms with Crippen LogP contribution in [0.3, 0.4) is 0 Å². The summed E-state index contributed by atoms with van der Waals surface area (Å²) in [7, 11) is 5.81. The van der Waals surface area contributed by atoms with E-state index in [9.17, 15) is 0 Å². The first-order chi connectivity index (χ1) is 17.3. The van der Waals surface area contributed by atoms with Crippen LogP contribution in [0, 0.1) is 5.41 Å². The molecule has 8 nitrogen and oxygen atoms in total. The lowest BCUT2D eigenvalue weighted by Gasteiger charge is -2.38. The van der Waals surface area contributed by atoms with E-state index >= 15 is 0 Å². The van der Waals surface area contributed by atoms with Crippen LogP contribution in [0.5, 0.6) is 0 Å². The minimum Gasteiger partial charge on any atom is -0.398 e. The SMILES string of the molecule is CO[Si](C)(CCCC(CCC[Si](C)(OC)OC)(CCC[Si](C)(OC)OC)CCC[Si](C)(OC)OC)OC. The van der Waals surface area contributed by atoms with Gasteiger partial charge in [0.05, 0.1) is 0 Å². The lowest BCUT2D eigenvalue weighted by Crippen LogP contribution is -2.38. The fourth-order valence-electron chi connectivity index (χ4n) is 5.04. The third kappa shape index (κ3) is 13.6. The molecule has 0 aliphatic heterocycles. The Hall–Kier alpha value is 0.548. The van der Waals surface area contributed by atoms with Gasteiger partial charge in [-0.1, -0.05) is 25.7 Å². The van der Waals surface area contributed by atoms with Crippen LogP contribution in [0.15, 0.2) is 0 Å². The van der Waals surface area contributed by atoms with Crippen molar-refractivity contribution in [1.82, 2.24) is 0 Å². The Morgan fingerprint density at radius 2 is 0.514 bits per heavy atom. The van der Waals surface area contributed by atoms with Gasteiger partial charge in [0, 0.05) is 56.9 Å². The number of rotatable bonds is 24. The molecule has 0 rings (SSSR count). The number of hydrogen-bond acceptors (Lipinski definition) is 8. The van der Waals surface area contributed by atoms with Crippen molar-refractivity contribution >= 4 is 34.2 Å². The first-order valence-corrected chi connectivity index (χ1v) is 23.8. The maximum absolute atomic E-state index is 5.80. The fraction of sp³-hybridized carbons (Fsp3) is 1.00. The van der Waals surface area contributed by atoms with Gasteiger partial charge in [0.15, 0.2) is 0 Å². The highest BCUT2D eigenvalue weighted by molar-refractivity contribution is 6.67. The van der Waals surface area contributed by atoms with E-state index in [1.807, 2.05) is 0 Å². The van der Waals surface area contributed by atoms with Crippen LogP contribution in [0.1, 0.15) is 51.4 Å². The Kier molecular flexibility index (Phi) is 18.3. The van der Waals surface area contributed by atoms with Crippen molar-refractivity contribution < 1.29 is 35.4 Å². The van der Waals surface area contributed by atoms with Crippen LogP contribution in [-0.4, -0.2) is 91.1 Å². The molecule has 0 saturated carbocycles. The van der Waals surface area contributed by atoms with E-state index in [0.717, 1.165) is 75.5 Å². The van der Waals surface area contributed by atoms with Crippen LogP contribution >= 0.6 is 0 Å². The highest BCUT2D eigenvalue weighted by Crippen LogP contribution is 2.44. The lowest BCUT2D eigenvalue weighted by atomic mass is 9.72. The molecule has 0 N–H and O–H groups in total. The largest absolute Gasteiger partial charge is 0.398 e.